The van der Waals surface area contributed by atoms with E-state index in [9.17, 15) is 8.78 Å². The predicted octanol–water partition coefficient (Wildman–Crippen LogP) is 2.17. The largest absolute Gasteiger partial charge is 0.415 e. The van der Waals surface area contributed by atoms with Gasteiger partial charge >= 0.3 is 6.43 Å². The van der Waals surface area contributed by atoms with Crippen LogP contribution in [0, 0.1) is 0 Å². The maximum atomic E-state index is 12.5. The van der Waals surface area contributed by atoms with Gasteiger partial charge in [0.25, 0.3) is 5.89 Å². The lowest BCUT2D eigenvalue weighted by molar-refractivity contribution is 0.116. The van der Waals surface area contributed by atoms with Gasteiger partial charge in [0.1, 0.15) is 0 Å². The molecule has 0 saturated carbocycles. The molecule has 0 saturated heterocycles. The van der Waals surface area contributed by atoms with Crippen molar-refractivity contribution >= 4 is 0 Å². The van der Waals surface area contributed by atoms with Gasteiger partial charge in [-0.2, -0.15) is 8.78 Å². The standard InChI is InChI=1S/C15H10F2N8O/c16-11(17)15-22-21-14(26-15)10-4-2-9(3-5-10)8-25-13(20-23-24-25)12-18-6-1-7-19-12/h1-7,11H,8H2. The van der Waals surface area contributed by atoms with E-state index in [0.29, 0.717) is 23.8 Å². The Bertz CT molecular complexity index is 1000. The Balaban J connectivity index is 1.54. The molecule has 0 fully saturated rings. The topological polar surface area (TPSA) is 108 Å². The Morgan fingerprint density at radius 2 is 1.77 bits per heavy atom. The Morgan fingerprint density at radius 1 is 1.00 bits per heavy atom. The lowest BCUT2D eigenvalue weighted by Crippen LogP contribution is -2.05. The van der Waals surface area contributed by atoms with Crippen molar-refractivity contribution in [1.29, 1.82) is 0 Å². The maximum absolute atomic E-state index is 12.5. The summed E-state index contributed by atoms with van der Waals surface area (Å²) in [6.45, 7) is 0.382. The van der Waals surface area contributed by atoms with Crippen LogP contribution in [0.15, 0.2) is 47.1 Å². The van der Waals surface area contributed by atoms with Gasteiger partial charge in [-0.1, -0.05) is 12.1 Å². The number of tetrazole rings is 1. The summed E-state index contributed by atoms with van der Waals surface area (Å²) >= 11 is 0. The molecule has 0 aliphatic rings. The van der Waals surface area contributed by atoms with Gasteiger partial charge < -0.3 is 4.42 Å². The molecule has 0 amide bonds. The molecule has 0 aliphatic carbocycles. The molecule has 0 unspecified atom stereocenters. The molecular formula is C15H10F2N8O. The van der Waals surface area contributed by atoms with Gasteiger partial charge in [-0.25, -0.2) is 14.6 Å². The molecule has 3 aromatic heterocycles. The van der Waals surface area contributed by atoms with Crippen molar-refractivity contribution in [2.45, 2.75) is 13.0 Å². The minimum Gasteiger partial charge on any atom is -0.415 e. The highest BCUT2D eigenvalue weighted by atomic mass is 19.3. The third-order valence-corrected chi connectivity index (χ3v) is 3.46. The van der Waals surface area contributed by atoms with Gasteiger partial charge in [0, 0.05) is 18.0 Å². The van der Waals surface area contributed by atoms with Crippen molar-refractivity contribution in [3.8, 4) is 23.1 Å². The molecule has 0 N–H and O–H groups in total. The number of halogens is 2. The summed E-state index contributed by atoms with van der Waals surface area (Å²) in [4.78, 5) is 8.26. The van der Waals surface area contributed by atoms with Gasteiger partial charge in [0.15, 0.2) is 5.82 Å². The fraction of sp³-hybridized carbons (Fsp3) is 0.133. The number of hydrogen-bond acceptors (Lipinski definition) is 8. The average Bonchev–Trinajstić information content (AvgIpc) is 3.33. The van der Waals surface area contributed by atoms with Crippen LogP contribution < -0.4 is 0 Å². The van der Waals surface area contributed by atoms with E-state index in [-0.39, 0.29) is 5.89 Å². The summed E-state index contributed by atoms with van der Waals surface area (Å²) in [5.74, 6) is 0.186. The number of aromatic nitrogens is 8. The first-order valence-corrected chi connectivity index (χ1v) is 7.45. The summed E-state index contributed by atoms with van der Waals surface area (Å²) in [6.07, 6.45) is 0.413. The fourth-order valence-corrected chi connectivity index (χ4v) is 2.25. The van der Waals surface area contributed by atoms with E-state index in [0.717, 1.165) is 5.56 Å². The second kappa shape index (κ2) is 6.70. The van der Waals surface area contributed by atoms with E-state index in [4.69, 9.17) is 4.42 Å². The van der Waals surface area contributed by atoms with Crippen LogP contribution in [0.3, 0.4) is 0 Å². The van der Waals surface area contributed by atoms with Gasteiger partial charge in [-0.05, 0) is 34.2 Å². The highest BCUT2D eigenvalue weighted by Crippen LogP contribution is 2.23. The zero-order chi connectivity index (χ0) is 17.9. The van der Waals surface area contributed by atoms with E-state index in [1.807, 2.05) is 0 Å². The summed E-state index contributed by atoms with van der Waals surface area (Å²) < 4.78 is 31.5. The summed E-state index contributed by atoms with van der Waals surface area (Å²) in [5, 5.41) is 18.5. The highest BCUT2D eigenvalue weighted by Gasteiger charge is 2.17. The molecule has 11 heteroatoms. The molecular weight excluding hydrogens is 346 g/mol. The molecule has 1 aromatic carbocycles. The van der Waals surface area contributed by atoms with Crippen LogP contribution in [0.1, 0.15) is 17.9 Å². The van der Waals surface area contributed by atoms with E-state index in [1.165, 1.54) is 0 Å². The van der Waals surface area contributed by atoms with E-state index >= 15 is 0 Å². The van der Waals surface area contributed by atoms with E-state index in [2.05, 4.69) is 35.7 Å². The highest BCUT2D eigenvalue weighted by molar-refractivity contribution is 5.53. The van der Waals surface area contributed by atoms with Crippen molar-refractivity contribution in [2.24, 2.45) is 0 Å². The van der Waals surface area contributed by atoms with Gasteiger partial charge in [-0.3, -0.25) is 0 Å². The molecule has 4 rings (SSSR count). The lowest BCUT2D eigenvalue weighted by Gasteiger charge is -2.04. The van der Waals surface area contributed by atoms with Crippen LogP contribution in [0.4, 0.5) is 8.78 Å². The minimum atomic E-state index is -2.80. The number of rotatable bonds is 5. The summed E-state index contributed by atoms with van der Waals surface area (Å²) in [6, 6.07) is 8.67. The van der Waals surface area contributed by atoms with Crippen LogP contribution in [0.25, 0.3) is 23.1 Å². The van der Waals surface area contributed by atoms with Crippen molar-refractivity contribution in [3.05, 3.63) is 54.2 Å². The molecule has 0 bridgehead atoms. The van der Waals surface area contributed by atoms with Gasteiger partial charge in [0.05, 0.1) is 6.54 Å². The fourth-order valence-electron chi connectivity index (χ4n) is 2.25. The summed E-state index contributed by atoms with van der Waals surface area (Å²) in [7, 11) is 0. The maximum Gasteiger partial charge on any atom is 0.314 e. The molecule has 26 heavy (non-hydrogen) atoms. The molecule has 0 spiro atoms. The number of alkyl halides is 2. The lowest BCUT2D eigenvalue weighted by atomic mass is 10.1. The second-order valence-electron chi connectivity index (χ2n) is 5.18. The Morgan fingerprint density at radius 3 is 2.46 bits per heavy atom. The first-order valence-electron chi connectivity index (χ1n) is 7.45. The van der Waals surface area contributed by atoms with Crippen LogP contribution in [-0.4, -0.2) is 40.4 Å². The average molecular weight is 356 g/mol. The Labute approximate surface area is 144 Å². The monoisotopic (exact) mass is 356 g/mol. The van der Waals surface area contributed by atoms with E-state index < -0.39 is 12.3 Å². The van der Waals surface area contributed by atoms with Crippen molar-refractivity contribution < 1.29 is 13.2 Å². The van der Waals surface area contributed by atoms with Crippen molar-refractivity contribution in [2.75, 3.05) is 0 Å². The SMILES string of the molecule is FC(F)c1nnc(-c2ccc(Cn3nnnc3-c3ncccn3)cc2)o1. The molecule has 9 nitrogen and oxygen atoms in total. The first kappa shape index (κ1) is 15.9. The molecule has 0 aliphatic heterocycles. The van der Waals surface area contributed by atoms with Crippen LogP contribution in [0.2, 0.25) is 0 Å². The number of nitrogens with zero attached hydrogens (tertiary/aromatic N) is 8. The third kappa shape index (κ3) is 3.14. The molecule has 4 aromatic rings. The quantitative estimate of drug-likeness (QED) is 0.535. The Hall–Kier alpha value is -3.63. The van der Waals surface area contributed by atoms with Crippen LogP contribution >= 0.6 is 0 Å². The molecule has 0 radical (unpaired) electrons. The van der Waals surface area contributed by atoms with E-state index in [1.54, 1.807) is 47.4 Å². The first-order chi connectivity index (χ1) is 12.7. The van der Waals surface area contributed by atoms with Crippen LogP contribution in [0.5, 0.6) is 0 Å². The minimum absolute atomic E-state index is 0.0349. The molecule has 0 atom stereocenters. The number of hydrogen-bond donors (Lipinski definition) is 0. The third-order valence-electron chi connectivity index (χ3n) is 3.46. The normalized spacial score (nSPS) is 11.2. The van der Waals surface area contributed by atoms with Crippen molar-refractivity contribution in [3.63, 3.8) is 0 Å². The summed E-state index contributed by atoms with van der Waals surface area (Å²) in [5.41, 5.74) is 1.42. The van der Waals surface area contributed by atoms with Gasteiger partial charge in [0.2, 0.25) is 11.7 Å². The van der Waals surface area contributed by atoms with Crippen LogP contribution in [-0.2, 0) is 6.54 Å². The molecule has 130 valence electrons. The Kier molecular flexibility index (Phi) is 4.09. The zero-order valence-electron chi connectivity index (χ0n) is 13.1. The second-order valence-corrected chi connectivity index (χ2v) is 5.18. The molecule has 3 heterocycles. The van der Waals surface area contributed by atoms with Gasteiger partial charge in [-0.15, -0.1) is 15.3 Å². The smallest absolute Gasteiger partial charge is 0.314 e. The number of benzene rings is 1. The van der Waals surface area contributed by atoms with Crippen molar-refractivity contribution in [1.82, 2.24) is 40.4 Å². The zero-order valence-corrected chi connectivity index (χ0v) is 13.1. The predicted molar refractivity (Wildman–Crippen MR) is 82.6 cm³/mol.